The molecule has 0 saturated carbocycles. The standard InChI is InChI=1S/C93H182O17P2/c1-8-10-11-12-13-14-15-16-17-18-19-20-24-30-35-40-45-53-60-67-74-90(95)103-80-88(109-92(97)76-69-62-55-46-41-36-31-25-22-21-23-29-34-39-44-52-59-66-73-86(7)9-2)82-107-111(99,100)105-78-87(94)79-106-112(101,102)108-83-89(81-104-91(96)75-68-61-54-49-48-51-58-65-72-85(5)6)110-93(98)77-70-63-56-47-42-37-32-27-26-28-33-38-43-50-57-64-71-84(3)4/h84-89,94H,8-83H2,1-7H3,(H,99,100)(H,101,102)/t86?,87-,88-,89-/m1/s1. The van der Waals surface area contributed by atoms with Crippen molar-refractivity contribution in [2.24, 2.45) is 17.8 Å². The Labute approximate surface area is 689 Å². The van der Waals surface area contributed by atoms with E-state index < -0.39 is 97.5 Å². The van der Waals surface area contributed by atoms with Gasteiger partial charge in [-0.25, -0.2) is 9.13 Å². The highest BCUT2D eigenvalue weighted by atomic mass is 31.2. The van der Waals surface area contributed by atoms with Gasteiger partial charge in [-0.15, -0.1) is 0 Å². The molecule has 0 rings (SSSR count). The van der Waals surface area contributed by atoms with E-state index >= 15 is 0 Å². The van der Waals surface area contributed by atoms with Crippen LogP contribution in [0, 0.1) is 17.8 Å². The number of rotatable bonds is 91. The molecule has 0 aliphatic rings. The fourth-order valence-electron chi connectivity index (χ4n) is 14.6. The molecule has 0 heterocycles. The van der Waals surface area contributed by atoms with Gasteiger partial charge in [-0.2, -0.15) is 0 Å². The lowest BCUT2D eigenvalue weighted by Crippen LogP contribution is -2.30. The molecule has 112 heavy (non-hydrogen) atoms. The second-order valence-corrected chi connectivity index (χ2v) is 37.5. The van der Waals surface area contributed by atoms with Crippen LogP contribution in [-0.2, 0) is 65.4 Å². The van der Waals surface area contributed by atoms with E-state index in [2.05, 4.69) is 48.5 Å². The molecule has 17 nitrogen and oxygen atoms in total. The van der Waals surface area contributed by atoms with Crippen LogP contribution in [0.2, 0.25) is 0 Å². The fourth-order valence-corrected chi connectivity index (χ4v) is 16.2. The highest BCUT2D eigenvalue weighted by Gasteiger charge is 2.31. The van der Waals surface area contributed by atoms with E-state index in [0.29, 0.717) is 25.7 Å². The first kappa shape index (κ1) is 110. The summed E-state index contributed by atoms with van der Waals surface area (Å²) in [5.74, 6) is 0.309. The minimum absolute atomic E-state index is 0.108. The van der Waals surface area contributed by atoms with E-state index in [1.54, 1.807) is 0 Å². The van der Waals surface area contributed by atoms with Gasteiger partial charge in [0.15, 0.2) is 12.2 Å². The molecule has 0 bridgehead atoms. The normalized spacial score (nSPS) is 14.0. The predicted octanol–water partition coefficient (Wildman–Crippen LogP) is 28.8. The molecule has 0 spiro atoms. The van der Waals surface area contributed by atoms with Gasteiger partial charge in [0.1, 0.15) is 19.3 Å². The molecular weight excluding hydrogens is 1450 g/mol. The smallest absolute Gasteiger partial charge is 0.462 e. The molecule has 0 fully saturated rings. The van der Waals surface area contributed by atoms with Crippen molar-refractivity contribution in [3.8, 4) is 0 Å². The van der Waals surface area contributed by atoms with Gasteiger partial charge >= 0.3 is 39.5 Å². The van der Waals surface area contributed by atoms with Gasteiger partial charge in [0.2, 0.25) is 0 Å². The number of hydrogen-bond acceptors (Lipinski definition) is 15. The van der Waals surface area contributed by atoms with Crippen molar-refractivity contribution in [1.82, 2.24) is 0 Å². The van der Waals surface area contributed by atoms with Crippen LogP contribution in [0.25, 0.3) is 0 Å². The number of ether oxygens (including phenoxy) is 4. The number of esters is 4. The van der Waals surface area contributed by atoms with Crippen LogP contribution < -0.4 is 0 Å². The van der Waals surface area contributed by atoms with Crippen LogP contribution in [0.5, 0.6) is 0 Å². The van der Waals surface area contributed by atoms with Crippen LogP contribution in [0.1, 0.15) is 498 Å². The second kappa shape index (κ2) is 82.7. The number of hydrogen-bond donors (Lipinski definition) is 3. The largest absolute Gasteiger partial charge is 0.472 e. The first-order chi connectivity index (χ1) is 54.3. The zero-order chi connectivity index (χ0) is 82.2. The number of carbonyl (C=O) groups excluding carboxylic acids is 4. The van der Waals surface area contributed by atoms with Crippen molar-refractivity contribution in [2.45, 2.75) is 516 Å². The highest BCUT2D eigenvalue weighted by Crippen LogP contribution is 2.45. The minimum Gasteiger partial charge on any atom is -0.462 e. The number of unbranched alkanes of at least 4 members (excludes halogenated alkanes) is 58. The second-order valence-electron chi connectivity index (χ2n) is 34.6. The summed E-state index contributed by atoms with van der Waals surface area (Å²) in [7, 11) is -9.94. The van der Waals surface area contributed by atoms with E-state index in [0.717, 1.165) is 108 Å². The Balaban J connectivity index is 5.23. The number of carbonyl (C=O) groups is 4. The summed E-state index contributed by atoms with van der Waals surface area (Å²) in [6.45, 7) is 12.1. The summed E-state index contributed by atoms with van der Waals surface area (Å²) in [6.07, 6.45) is 76.5. The van der Waals surface area contributed by atoms with Gasteiger partial charge in [0, 0.05) is 25.7 Å². The molecule has 0 radical (unpaired) electrons. The van der Waals surface area contributed by atoms with Crippen LogP contribution in [0.15, 0.2) is 0 Å². The minimum atomic E-state index is -4.97. The van der Waals surface area contributed by atoms with Crippen molar-refractivity contribution in [3.63, 3.8) is 0 Å². The topological polar surface area (TPSA) is 237 Å². The summed E-state index contributed by atoms with van der Waals surface area (Å²) >= 11 is 0. The summed E-state index contributed by atoms with van der Waals surface area (Å²) in [6, 6.07) is 0. The van der Waals surface area contributed by atoms with Gasteiger partial charge in [-0.1, -0.05) is 447 Å². The molecule has 0 aliphatic carbocycles. The molecule has 666 valence electrons. The van der Waals surface area contributed by atoms with E-state index in [-0.39, 0.29) is 25.7 Å². The van der Waals surface area contributed by atoms with E-state index in [1.807, 2.05) is 0 Å². The Morgan fingerprint density at radius 3 is 0.679 bits per heavy atom. The van der Waals surface area contributed by atoms with Gasteiger partial charge in [-0.05, 0) is 43.4 Å². The molecule has 19 heteroatoms. The average Bonchev–Trinajstić information content (AvgIpc) is 0.898. The van der Waals surface area contributed by atoms with Gasteiger partial charge in [0.25, 0.3) is 0 Å². The Morgan fingerprint density at radius 1 is 0.259 bits per heavy atom. The molecule has 0 aromatic rings. The van der Waals surface area contributed by atoms with E-state index in [4.69, 9.17) is 37.0 Å². The summed E-state index contributed by atoms with van der Waals surface area (Å²) in [5, 5.41) is 10.7. The maximum absolute atomic E-state index is 13.2. The Bertz CT molecular complexity index is 2150. The molecule has 6 atom stereocenters. The summed E-state index contributed by atoms with van der Waals surface area (Å²) in [5.41, 5.74) is 0. The molecule has 0 aliphatic heterocycles. The third-order valence-electron chi connectivity index (χ3n) is 22.2. The monoisotopic (exact) mass is 1630 g/mol. The van der Waals surface area contributed by atoms with Gasteiger partial charge in [-0.3, -0.25) is 37.3 Å². The number of phosphoric acid groups is 2. The first-order valence-corrected chi connectivity index (χ1v) is 50.9. The molecule has 0 aromatic heterocycles. The van der Waals surface area contributed by atoms with Crippen LogP contribution in [-0.4, -0.2) is 96.7 Å². The molecular formula is C93H182O17P2. The van der Waals surface area contributed by atoms with Crippen molar-refractivity contribution < 1.29 is 80.2 Å². The van der Waals surface area contributed by atoms with Crippen molar-refractivity contribution in [3.05, 3.63) is 0 Å². The Morgan fingerprint density at radius 2 is 0.455 bits per heavy atom. The molecule has 0 aromatic carbocycles. The number of phosphoric ester groups is 2. The SMILES string of the molecule is CCCCCCCCCCCCCCCCCCCCCCC(=O)OC[C@H](COP(=O)(O)OC[C@@H](O)COP(=O)(O)OC[C@@H](COC(=O)CCCCCCCCCCC(C)C)OC(=O)CCCCCCCCCCCCCCCCCCC(C)C)OC(=O)CCCCCCCCCCCCCCCCCCCCC(C)CC. The third-order valence-corrected chi connectivity index (χ3v) is 24.1. The Hall–Kier alpha value is -1.94. The first-order valence-electron chi connectivity index (χ1n) is 47.9. The highest BCUT2D eigenvalue weighted by molar-refractivity contribution is 7.47. The summed E-state index contributed by atoms with van der Waals surface area (Å²) in [4.78, 5) is 73.5. The number of aliphatic hydroxyl groups is 1. The van der Waals surface area contributed by atoms with Crippen LogP contribution in [0.4, 0.5) is 0 Å². The zero-order valence-electron chi connectivity index (χ0n) is 74.2. The molecule has 0 amide bonds. The lowest BCUT2D eigenvalue weighted by atomic mass is 9.99. The van der Waals surface area contributed by atoms with Gasteiger partial charge < -0.3 is 33.8 Å². The van der Waals surface area contributed by atoms with Crippen molar-refractivity contribution in [1.29, 1.82) is 0 Å². The van der Waals surface area contributed by atoms with Crippen LogP contribution >= 0.6 is 15.6 Å². The summed E-state index contributed by atoms with van der Waals surface area (Å²) < 4.78 is 69.1. The molecule has 3 N–H and O–H groups in total. The van der Waals surface area contributed by atoms with Crippen LogP contribution in [0.3, 0.4) is 0 Å². The predicted molar refractivity (Wildman–Crippen MR) is 465 cm³/mol. The quantitative estimate of drug-likeness (QED) is 0.0222. The van der Waals surface area contributed by atoms with Crippen molar-refractivity contribution >= 4 is 39.5 Å². The third kappa shape index (κ3) is 84.5. The zero-order valence-corrected chi connectivity index (χ0v) is 75.9. The molecule has 3 unspecified atom stereocenters. The lowest BCUT2D eigenvalue weighted by Gasteiger charge is -2.21. The fraction of sp³-hybridized carbons (Fsp3) is 0.957. The van der Waals surface area contributed by atoms with E-state index in [9.17, 15) is 43.2 Å². The lowest BCUT2D eigenvalue weighted by molar-refractivity contribution is -0.161. The average molecular weight is 1630 g/mol. The van der Waals surface area contributed by atoms with Crippen molar-refractivity contribution in [2.75, 3.05) is 39.6 Å². The van der Waals surface area contributed by atoms with Gasteiger partial charge in [0.05, 0.1) is 26.4 Å². The number of aliphatic hydroxyl groups excluding tert-OH is 1. The van der Waals surface area contributed by atoms with E-state index in [1.165, 1.54) is 308 Å². The maximum Gasteiger partial charge on any atom is 0.472 e. The maximum atomic E-state index is 13.2. The molecule has 0 saturated heterocycles. The Kier molecular flexibility index (Phi) is 81.3.